The highest BCUT2D eigenvalue weighted by Gasteiger charge is 2.14. The Bertz CT molecular complexity index is 654. The van der Waals surface area contributed by atoms with E-state index in [9.17, 15) is 9.59 Å². The number of carbonyl (C=O) groups excluding carboxylic acids is 1. The average Bonchev–Trinajstić information content (AvgIpc) is 2.78. The molecule has 0 spiro atoms. The van der Waals surface area contributed by atoms with E-state index in [-0.39, 0.29) is 17.2 Å². The van der Waals surface area contributed by atoms with Crippen LogP contribution in [0.25, 0.3) is 0 Å². The fraction of sp³-hybridized carbons (Fsp3) is 0. The fourth-order valence-corrected chi connectivity index (χ4v) is 2.80. The molecular formula is C12H9IN2O3S. The molecule has 7 heteroatoms. The average molecular weight is 388 g/mol. The van der Waals surface area contributed by atoms with Crippen molar-refractivity contribution in [3.05, 3.63) is 43.7 Å². The number of amides is 1. The second kappa shape index (κ2) is 5.57. The maximum absolute atomic E-state index is 12.0. The molecule has 1 aromatic heterocycles. The van der Waals surface area contributed by atoms with E-state index in [2.05, 4.69) is 27.9 Å². The van der Waals surface area contributed by atoms with E-state index in [1.54, 1.807) is 17.5 Å². The van der Waals surface area contributed by atoms with Crippen LogP contribution in [0.5, 0.6) is 0 Å². The number of hydrogen-bond donors (Lipinski definition) is 3. The van der Waals surface area contributed by atoms with Crippen LogP contribution in [0, 0.1) is 2.88 Å². The van der Waals surface area contributed by atoms with Crippen molar-refractivity contribution in [2.75, 3.05) is 11.1 Å². The van der Waals surface area contributed by atoms with Gasteiger partial charge >= 0.3 is 5.97 Å². The van der Waals surface area contributed by atoms with E-state index >= 15 is 0 Å². The third-order valence-corrected chi connectivity index (χ3v) is 4.14. The lowest BCUT2D eigenvalue weighted by Crippen LogP contribution is -2.14. The number of anilines is 2. The second-order valence-corrected chi connectivity index (χ2v) is 6.51. The number of thiophene rings is 1. The van der Waals surface area contributed by atoms with Crippen LogP contribution in [-0.2, 0) is 0 Å². The van der Waals surface area contributed by atoms with E-state index in [1.807, 2.05) is 0 Å². The number of nitrogen functional groups attached to an aromatic ring is 1. The molecule has 1 heterocycles. The summed E-state index contributed by atoms with van der Waals surface area (Å²) in [5.41, 5.74) is 6.57. The molecule has 0 radical (unpaired) electrons. The topological polar surface area (TPSA) is 92.4 Å². The van der Waals surface area contributed by atoms with Crippen LogP contribution in [0.1, 0.15) is 20.7 Å². The van der Waals surface area contributed by atoms with Crippen molar-refractivity contribution < 1.29 is 14.7 Å². The van der Waals surface area contributed by atoms with Crippen molar-refractivity contribution >= 4 is 57.2 Å². The van der Waals surface area contributed by atoms with Crippen LogP contribution in [0.3, 0.4) is 0 Å². The molecule has 0 saturated carbocycles. The quantitative estimate of drug-likeness (QED) is 0.557. The lowest BCUT2D eigenvalue weighted by atomic mass is 10.1. The minimum atomic E-state index is -1.14. The molecule has 0 aliphatic rings. The highest BCUT2D eigenvalue weighted by atomic mass is 127. The SMILES string of the molecule is Nc1ccc(NC(=O)c2csc(I)c2)c(C(=O)O)c1. The first-order valence-electron chi connectivity index (χ1n) is 5.15. The smallest absolute Gasteiger partial charge is 0.337 e. The molecule has 2 aromatic rings. The Balaban J connectivity index is 2.28. The first-order chi connectivity index (χ1) is 8.97. The number of aromatic carboxylic acids is 1. The van der Waals surface area contributed by atoms with Gasteiger partial charge in [-0.2, -0.15) is 0 Å². The number of rotatable bonds is 3. The van der Waals surface area contributed by atoms with Crippen LogP contribution in [0.2, 0.25) is 0 Å². The minimum absolute atomic E-state index is 0.0294. The van der Waals surface area contributed by atoms with Crippen LogP contribution in [0.4, 0.5) is 11.4 Å². The van der Waals surface area contributed by atoms with Gasteiger partial charge in [0.05, 0.1) is 19.7 Å². The fourth-order valence-electron chi connectivity index (χ4n) is 1.47. The number of hydrogen-bond acceptors (Lipinski definition) is 4. The van der Waals surface area contributed by atoms with E-state index < -0.39 is 5.97 Å². The van der Waals surface area contributed by atoms with E-state index in [4.69, 9.17) is 10.8 Å². The summed E-state index contributed by atoms with van der Waals surface area (Å²) in [6, 6.07) is 6.07. The van der Waals surface area contributed by atoms with Crippen molar-refractivity contribution in [3.63, 3.8) is 0 Å². The second-order valence-electron chi connectivity index (χ2n) is 3.70. The Morgan fingerprint density at radius 2 is 2.05 bits per heavy atom. The van der Waals surface area contributed by atoms with Gasteiger partial charge < -0.3 is 16.2 Å². The van der Waals surface area contributed by atoms with Gasteiger partial charge in [0.25, 0.3) is 5.91 Å². The Kier molecular flexibility index (Phi) is 4.05. The zero-order chi connectivity index (χ0) is 14.0. The monoisotopic (exact) mass is 388 g/mol. The zero-order valence-corrected chi connectivity index (χ0v) is 12.5. The third-order valence-electron chi connectivity index (χ3n) is 2.35. The predicted molar refractivity (Wildman–Crippen MR) is 82.8 cm³/mol. The molecule has 2 rings (SSSR count). The molecule has 0 unspecified atom stereocenters. The first kappa shape index (κ1) is 13.8. The molecule has 98 valence electrons. The minimum Gasteiger partial charge on any atom is -0.478 e. The Labute approximate surface area is 126 Å². The molecular weight excluding hydrogens is 379 g/mol. The number of nitrogens with one attached hydrogen (secondary N) is 1. The molecule has 19 heavy (non-hydrogen) atoms. The summed E-state index contributed by atoms with van der Waals surface area (Å²) >= 11 is 3.56. The predicted octanol–water partition coefficient (Wildman–Crippen LogP) is 2.89. The molecule has 5 nitrogen and oxygen atoms in total. The molecule has 0 aliphatic carbocycles. The summed E-state index contributed by atoms with van der Waals surface area (Å²) in [7, 11) is 0. The molecule has 4 N–H and O–H groups in total. The van der Waals surface area contributed by atoms with Gasteiger partial charge in [-0.1, -0.05) is 0 Å². The molecule has 0 saturated heterocycles. The van der Waals surface area contributed by atoms with Crippen molar-refractivity contribution in [2.45, 2.75) is 0 Å². The van der Waals surface area contributed by atoms with Gasteiger partial charge in [-0.25, -0.2) is 4.79 Å². The van der Waals surface area contributed by atoms with Gasteiger partial charge in [-0.05, 0) is 46.9 Å². The number of halogens is 1. The van der Waals surface area contributed by atoms with Crippen LogP contribution >= 0.6 is 33.9 Å². The molecule has 1 aromatic carbocycles. The summed E-state index contributed by atoms with van der Waals surface area (Å²) in [5.74, 6) is -1.48. The highest BCUT2D eigenvalue weighted by Crippen LogP contribution is 2.22. The Morgan fingerprint density at radius 3 is 2.63 bits per heavy atom. The van der Waals surface area contributed by atoms with Crippen LogP contribution in [-0.4, -0.2) is 17.0 Å². The number of carbonyl (C=O) groups is 2. The van der Waals surface area contributed by atoms with Crippen LogP contribution < -0.4 is 11.1 Å². The van der Waals surface area contributed by atoms with Crippen molar-refractivity contribution in [1.29, 1.82) is 0 Å². The summed E-state index contributed by atoms with van der Waals surface area (Å²) < 4.78 is 0.985. The maximum Gasteiger partial charge on any atom is 0.337 e. The van der Waals surface area contributed by atoms with Crippen molar-refractivity contribution in [3.8, 4) is 0 Å². The molecule has 1 amide bonds. The summed E-state index contributed by atoms with van der Waals surface area (Å²) in [6.07, 6.45) is 0. The number of nitrogens with two attached hydrogens (primary N) is 1. The van der Waals surface area contributed by atoms with E-state index in [0.717, 1.165) is 2.88 Å². The maximum atomic E-state index is 12.0. The van der Waals surface area contributed by atoms with Crippen LogP contribution in [0.15, 0.2) is 29.6 Å². The standard InChI is InChI=1S/C12H9IN2O3S/c13-10-3-6(5-19-10)11(16)15-9-2-1-7(14)4-8(9)12(17)18/h1-5H,14H2,(H,15,16)(H,17,18). The van der Waals surface area contributed by atoms with E-state index in [1.165, 1.54) is 23.5 Å². The third kappa shape index (κ3) is 3.24. The molecule has 0 bridgehead atoms. The van der Waals surface area contributed by atoms with Gasteiger partial charge in [0.2, 0.25) is 0 Å². The number of carboxylic acids is 1. The summed E-state index contributed by atoms with van der Waals surface area (Å²) in [6.45, 7) is 0. The summed E-state index contributed by atoms with van der Waals surface area (Å²) in [5, 5.41) is 13.4. The lowest BCUT2D eigenvalue weighted by Gasteiger charge is -2.08. The van der Waals surface area contributed by atoms with Crippen molar-refractivity contribution in [1.82, 2.24) is 0 Å². The highest BCUT2D eigenvalue weighted by molar-refractivity contribution is 14.1. The van der Waals surface area contributed by atoms with Gasteiger partial charge in [0.1, 0.15) is 0 Å². The van der Waals surface area contributed by atoms with Gasteiger partial charge in [0.15, 0.2) is 0 Å². The van der Waals surface area contributed by atoms with Gasteiger partial charge in [-0.15, -0.1) is 11.3 Å². The first-order valence-corrected chi connectivity index (χ1v) is 7.11. The van der Waals surface area contributed by atoms with Crippen molar-refractivity contribution in [2.24, 2.45) is 0 Å². The number of carboxylic acid groups (broad SMARTS) is 1. The Hall–Kier alpha value is -1.61. The molecule has 0 aliphatic heterocycles. The Morgan fingerprint density at radius 1 is 1.32 bits per heavy atom. The zero-order valence-electron chi connectivity index (χ0n) is 9.51. The molecule has 0 fully saturated rings. The van der Waals surface area contributed by atoms with Gasteiger partial charge in [-0.3, -0.25) is 4.79 Å². The molecule has 0 atom stereocenters. The normalized spacial score (nSPS) is 10.2. The van der Waals surface area contributed by atoms with E-state index in [0.29, 0.717) is 11.3 Å². The summed E-state index contributed by atoms with van der Waals surface area (Å²) in [4.78, 5) is 23.0. The van der Waals surface area contributed by atoms with Gasteiger partial charge in [0, 0.05) is 11.1 Å². The lowest BCUT2D eigenvalue weighted by molar-refractivity contribution is 0.0698. The number of benzene rings is 1. The largest absolute Gasteiger partial charge is 0.478 e.